The zero-order valence-corrected chi connectivity index (χ0v) is 10.4. The Labute approximate surface area is 101 Å². The number of ether oxygens (including phenoxy) is 1. The highest BCUT2D eigenvalue weighted by Crippen LogP contribution is 2.27. The van der Waals surface area contributed by atoms with Crippen molar-refractivity contribution in [2.24, 2.45) is 0 Å². The molecule has 0 bridgehead atoms. The molecule has 0 fully saturated rings. The summed E-state index contributed by atoms with van der Waals surface area (Å²) in [5, 5.41) is 14.0. The number of rotatable bonds is 6. The fraction of sp³-hybridized carbons (Fsp3) is 0.500. The van der Waals surface area contributed by atoms with Crippen LogP contribution in [0.25, 0.3) is 0 Å². The monoisotopic (exact) mass is 238 g/mol. The van der Waals surface area contributed by atoms with Gasteiger partial charge in [-0.25, -0.2) is 0 Å². The first kappa shape index (κ1) is 13.4. The Morgan fingerprint density at radius 3 is 2.76 bits per heavy atom. The number of nitro groups is 1. The lowest BCUT2D eigenvalue weighted by Crippen LogP contribution is -2.27. The first-order valence-electron chi connectivity index (χ1n) is 5.62. The Balaban J connectivity index is 2.61. The van der Waals surface area contributed by atoms with Gasteiger partial charge in [-0.05, 0) is 18.6 Å². The third-order valence-corrected chi connectivity index (χ3v) is 2.22. The van der Waals surface area contributed by atoms with Crippen LogP contribution in [-0.2, 0) is 0 Å². The van der Waals surface area contributed by atoms with Crippen molar-refractivity contribution in [2.75, 3.05) is 13.2 Å². The molecule has 0 saturated heterocycles. The highest BCUT2D eigenvalue weighted by molar-refractivity contribution is 5.48. The van der Waals surface area contributed by atoms with E-state index in [1.54, 1.807) is 12.1 Å². The van der Waals surface area contributed by atoms with Gasteiger partial charge in [-0.1, -0.05) is 19.9 Å². The molecule has 1 rings (SSSR count). The first-order chi connectivity index (χ1) is 8.00. The van der Waals surface area contributed by atoms with E-state index in [0.717, 1.165) is 5.56 Å². The second kappa shape index (κ2) is 6.20. The zero-order valence-electron chi connectivity index (χ0n) is 10.4. The molecule has 0 saturated carbocycles. The lowest BCUT2D eigenvalue weighted by atomic mass is 10.2. The highest BCUT2D eigenvalue weighted by Gasteiger charge is 2.14. The molecule has 1 N–H and O–H groups in total. The fourth-order valence-corrected chi connectivity index (χ4v) is 1.40. The van der Waals surface area contributed by atoms with Crippen LogP contribution in [0.2, 0.25) is 0 Å². The molecule has 1 aromatic rings. The number of nitrogens with zero attached hydrogens (tertiary/aromatic N) is 1. The van der Waals surface area contributed by atoms with Gasteiger partial charge in [-0.3, -0.25) is 10.1 Å². The highest BCUT2D eigenvalue weighted by atomic mass is 16.6. The van der Waals surface area contributed by atoms with E-state index in [4.69, 9.17) is 4.74 Å². The molecule has 0 heterocycles. The van der Waals surface area contributed by atoms with Crippen molar-refractivity contribution in [3.05, 3.63) is 33.9 Å². The van der Waals surface area contributed by atoms with E-state index in [1.807, 2.05) is 20.8 Å². The Morgan fingerprint density at radius 2 is 2.18 bits per heavy atom. The standard InChI is InChI=1S/C12H18N2O3/c1-9(2)13-6-7-17-12-5-4-10(3)8-11(12)14(15)16/h4-5,8-9,13H,6-7H2,1-3H3. The van der Waals surface area contributed by atoms with Crippen LogP contribution in [0.15, 0.2) is 18.2 Å². The average Bonchev–Trinajstić information content (AvgIpc) is 2.25. The van der Waals surface area contributed by atoms with Crippen LogP contribution in [0.5, 0.6) is 5.75 Å². The van der Waals surface area contributed by atoms with Gasteiger partial charge in [0.2, 0.25) is 0 Å². The Morgan fingerprint density at radius 1 is 1.47 bits per heavy atom. The van der Waals surface area contributed by atoms with Crippen LogP contribution in [0.4, 0.5) is 5.69 Å². The van der Waals surface area contributed by atoms with Crippen molar-refractivity contribution in [2.45, 2.75) is 26.8 Å². The Hall–Kier alpha value is -1.62. The molecule has 1 aromatic carbocycles. The molecule has 0 radical (unpaired) electrons. The van der Waals surface area contributed by atoms with Crippen molar-refractivity contribution >= 4 is 5.69 Å². The maximum absolute atomic E-state index is 10.8. The summed E-state index contributed by atoms with van der Waals surface area (Å²) in [6, 6.07) is 5.35. The number of aryl methyl sites for hydroxylation is 1. The molecular formula is C12H18N2O3. The minimum absolute atomic E-state index is 0.0227. The van der Waals surface area contributed by atoms with E-state index in [-0.39, 0.29) is 5.69 Å². The molecule has 0 spiro atoms. The quantitative estimate of drug-likeness (QED) is 0.469. The smallest absolute Gasteiger partial charge is 0.311 e. The summed E-state index contributed by atoms with van der Waals surface area (Å²) in [7, 11) is 0. The lowest BCUT2D eigenvalue weighted by molar-refractivity contribution is -0.385. The predicted octanol–water partition coefficient (Wildman–Crippen LogP) is 2.28. The van der Waals surface area contributed by atoms with E-state index in [0.29, 0.717) is 24.9 Å². The molecule has 0 unspecified atom stereocenters. The molecule has 0 aliphatic carbocycles. The molecule has 0 amide bonds. The SMILES string of the molecule is Cc1ccc(OCCNC(C)C)c([N+](=O)[O-])c1. The first-order valence-corrected chi connectivity index (χ1v) is 5.62. The van der Waals surface area contributed by atoms with Crippen LogP contribution >= 0.6 is 0 Å². The van der Waals surface area contributed by atoms with Gasteiger partial charge in [0.25, 0.3) is 0 Å². The summed E-state index contributed by atoms with van der Waals surface area (Å²) in [4.78, 5) is 10.4. The molecule has 5 nitrogen and oxygen atoms in total. The van der Waals surface area contributed by atoms with E-state index in [9.17, 15) is 10.1 Å². The summed E-state index contributed by atoms with van der Waals surface area (Å²) in [5.74, 6) is 0.325. The van der Waals surface area contributed by atoms with Gasteiger partial charge in [0.1, 0.15) is 6.61 Å². The maximum Gasteiger partial charge on any atom is 0.311 e. The van der Waals surface area contributed by atoms with Gasteiger partial charge in [0.05, 0.1) is 4.92 Å². The molecule has 94 valence electrons. The summed E-state index contributed by atoms with van der Waals surface area (Å²) in [5.41, 5.74) is 0.874. The number of hydrogen-bond donors (Lipinski definition) is 1. The van der Waals surface area contributed by atoms with E-state index in [2.05, 4.69) is 5.32 Å². The van der Waals surface area contributed by atoms with Gasteiger partial charge in [-0.2, -0.15) is 0 Å². The van der Waals surface area contributed by atoms with Gasteiger partial charge >= 0.3 is 5.69 Å². The van der Waals surface area contributed by atoms with Gasteiger partial charge in [-0.15, -0.1) is 0 Å². The fourth-order valence-electron chi connectivity index (χ4n) is 1.40. The third kappa shape index (κ3) is 4.40. The molecule has 0 aliphatic rings. The van der Waals surface area contributed by atoms with Crippen LogP contribution in [0.1, 0.15) is 19.4 Å². The van der Waals surface area contributed by atoms with Crippen LogP contribution in [0.3, 0.4) is 0 Å². The summed E-state index contributed by atoms with van der Waals surface area (Å²) in [6.07, 6.45) is 0. The van der Waals surface area contributed by atoms with Crippen molar-refractivity contribution in [3.63, 3.8) is 0 Å². The minimum Gasteiger partial charge on any atom is -0.485 e. The number of benzene rings is 1. The minimum atomic E-state index is -0.418. The van der Waals surface area contributed by atoms with Crippen LogP contribution < -0.4 is 10.1 Å². The Kier molecular flexibility index (Phi) is 4.90. The van der Waals surface area contributed by atoms with Crippen LogP contribution in [-0.4, -0.2) is 24.1 Å². The molecule has 0 aliphatic heterocycles. The third-order valence-electron chi connectivity index (χ3n) is 2.22. The zero-order chi connectivity index (χ0) is 12.8. The van der Waals surface area contributed by atoms with E-state index >= 15 is 0 Å². The van der Waals surface area contributed by atoms with E-state index < -0.39 is 4.92 Å². The number of nitrogens with one attached hydrogen (secondary N) is 1. The Bertz CT molecular complexity index is 391. The predicted molar refractivity (Wildman–Crippen MR) is 66.5 cm³/mol. The average molecular weight is 238 g/mol. The maximum atomic E-state index is 10.8. The van der Waals surface area contributed by atoms with Gasteiger partial charge < -0.3 is 10.1 Å². The van der Waals surface area contributed by atoms with Gasteiger partial charge in [0, 0.05) is 18.7 Å². The second-order valence-corrected chi connectivity index (χ2v) is 4.19. The topological polar surface area (TPSA) is 64.4 Å². The van der Waals surface area contributed by atoms with E-state index in [1.165, 1.54) is 6.07 Å². The van der Waals surface area contributed by atoms with Crippen molar-refractivity contribution in [3.8, 4) is 5.75 Å². The van der Waals surface area contributed by atoms with Crippen molar-refractivity contribution in [1.29, 1.82) is 0 Å². The van der Waals surface area contributed by atoms with Crippen molar-refractivity contribution < 1.29 is 9.66 Å². The number of hydrogen-bond acceptors (Lipinski definition) is 4. The number of nitro benzene ring substituents is 1. The van der Waals surface area contributed by atoms with Crippen molar-refractivity contribution in [1.82, 2.24) is 5.32 Å². The van der Waals surface area contributed by atoms with Gasteiger partial charge in [0.15, 0.2) is 5.75 Å². The summed E-state index contributed by atoms with van der Waals surface area (Å²) < 4.78 is 5.40. The molecule has 0 aromatic heterocycles. The largest absolute Gasteiger partial charge is 0.485 e. The summed E-state index contributed by atoms with van der Waals surface area (Å²) in [6.45, 7) is 6.98. The normalized spacial score (nSPS) is 10.6. The molecule has 17 heavy (non-hydrogen) atoms. The lowest BCUT2D eigenvalue weighted by Gasteiger charge is -2.10. The molecular weight excluding hydrogens is 220 g/mol. The second-order valence-electron chi connectivity index (χ2n) is 4.19. The van der Waals surface area contributed by atoms with Crippen LogP contribution in [0, 0.1) is 17.0 Å². The molecule has 5 heteroatoms. The molecule has 0 atom stereocenters. The summed E-state index contributed by atoms with van der Waals surface area (Å²) >= 11 is 0.